The van der Waals surface area contributed by atoms with Crippen LogP contribution in [0.2, 0.25) is 0 Å². The first-order valence-corrected chi connectivity index (χ1v) is 5.99. The van der Waals surface area contributed by atoms with E-state index in [-0.39, 0.29) is 6.61 Å². The van der Waals surface area contributed by atoms with Crippen molar-refractivity contribution < 1.29 is 5.11 Å². The quantitative estimate of drug-likeness (QED) is 0.740. The van der Waals surface area contributed by atoms with Crippen molar-refractivity contribution in [3.8, 4) is 0 Å². The molecule has 1 aromatic heterocycles. The third-order valence-corrected chi connectivity index (χ3v) is 2.61. The normalized spacial score (nSPS) is 13.3. The lowest BCUT2D eigenvalue weighted by atomic mass is 10.1. The predicted octanol–water partition coefficient (Wildman–Crippen LogP) is 1.57. The predicted molar refractivity (Wildman–Crippen MR) is 65.2 cm³/mol. The number of rotatable bonds is 7. The number of aliphatic hydroxyl groups excluding tert-OH is 1. The van der Waals surface area contributed by atoms with E-state index in [0.717, 1.165) is 25.2 Å². The third-order valence-electron chi connectivity index (χ3n) is 2.61. The molecule has 4 nitrogen and oxygen atoms in total. The Kier molecular flexibility index (Phi) is 5.49. The summed E-state index contributed by atoms with van der Waals surface area (Å²) in [6, 6.07) is 2.46. The zero-order valence-electron chi connectivity index (χ0n) is 10.5. The average Bonchev–Trinajstić information content (AvgIpc) is 2.67. The molecule has 0 aliphatic heterocycles. The molecule has 0 aliphatic rings. The molecular formula is C12H23N3O. The van der Waals surface area contributed by atoms with Crippen molar-refractivity contribution in [3.63, 3.8) is 0 Å². The number of nitrogens with zero attached hydrogens (tertiary/aromatic N) is 2. The Morgan fingerprint density at radius 3 is 2.75 bits per heavy atom. The molecule has 0 spiro atoms. The van der Waals surface area contributed by atoms with E-state index in [1.165, 1.54) is 0 Å². The third kappa shape index (κ3) is 4.33. The molecule has 1 atom stereocenters. The van der Waals surface area contributed by atoms with Gasteiger partial charge in [-0.05, 0) is 38.8 Å². The lowest BCUT2D eigenvalue weighted by molar-refractivity contribution is 0.260. The molecule has 1 heterocycles. The summed E-state index contributed by atoms with van der Waals surface area (Å²) in [7, 11) is 0. The molecule has 0 radical (unpaired) electrons. The first-order chi connectivity index (χ1) is 7.63. The molecule has 0 aromatic carbocycles. The maximum absolute atomic E-state index is 8.77. The van der Waals surface area contributed by atoms with Crippen LogP contribution in [0.3, 0.4) is 0 Å². The number of hydrogen-bond acceptors (Lipinski definition) is 3. The van der Waals surface area contributed by atoms with E-state index >= 15 is 0 Å². The van der Waals surface area contributed by atoms with Crippen LogP contribution in [0.15, 0.2) is 12.3 Å². The zero-order chi connectivity index (χ0) is 12.0. The van der Waals surface area contributed by atoms with Crippen LogP contribution in [0.4, 0.5) is 0 Å². The zero-order valence-corrected chi connectivity index (χ0v) is 10.5. The minimum atomic E-state index is 0.269. The van der Waals surface area contributed by atoms with Gasteiger partial charge in [0, 0.05) is 25.4 Å². The topological polar surface area (TPSA) is 50.1 Å². The first kappa shape index (κ1) is 13.2. The minimum Gasteiger partial charge on any atom is -0.396 e. The monoisotopic (exact) mass is 225 g/mol. The van der Waals surface area contributed by atoms with E-state index in [2.05, 4.69) is 31.2 Å². The maximum Gasteiger partial charge on any atom is 0.0762 e. The van der Waals surface area contributed by atoms with Gasteiger partial charge in [-0.2, -0.15) is 5.10 Å². The molecule has 4 heteroatoms. The van der Waals surface area contributed by atoms with E-state index in [4.69, 9.17) is 5.11 Å². The highest BCUT2D eigenvalue weighted by molar-refractivity contribution is 4.98. The van der Waals surface area contributed by atoms with Crippen LogP contribution in [0.5, 0.6) is 0 Å². The van der Waals surface area contributed by atoms with Crippen LogP contribution in [-0.4, -0.2) is 28.0 Å². The molecule has 1 unspecified atom stereocenters. The summed E-state index contributed by atoms with van der Waals surface area (Å²) in [5.74, 6) is 0.511. The van der Waals surface area contributed by atoms with Gasteiger partial charge in [0.2, 0.25) is 0 Å². The second kappa shape index (κ2) is 6.66. The van der Waals surface area contributed by atoms with Crippen LogP contribution in [0.1, 0.15) is 38.9 Å². The fourth-order valence-electron chi connectivity index (χ4n) is 1.53. The minimum absolute atomic E-state index is 0.269. The Hall–Kier alpha value is -0.870. The SMILES string of the molecule is CC(CCO)CNCc1ccn(C(C)C)n1. The molecule has 0 bridgehead atoms. The molecule has 0 fully saturated rings. The van der Waals surface area contributed by atoms with Crippen LogP contribution >= 0.6 is 0 Å². The maximum atomic E-state index is 8.77. The lowest BCUT2D eigenvalue weighted by Gasteiger charge is -2.10. The Balaban J connectivity index is 2.26. The Morgan fingerprint density at radius 2 is 2.19 bits per heavy atom. The van der Waals surface area contributed by atoms with Gasteiger partial charge in [-0.3, -0.25) is 4.68 Å². The molecule has 0 aliphatic carbocycles. The molecule has 0 saturated heterocycles. The van der Waals surface area contributed by atoms with Crippen LogP contribution < -0.4 is 5.32 Å². The highest BCUT2D eigenvalue weighted by Gasteiger charge is 2.03. The van der Waals surface area contributed by atoms with E-state index in [9.17, 15) is 0 Å². The fraction of sp³-hybridized carbons (Fsp3) is 0.750. The van der Waals surface area contributed by atoms with Crippen LogP contribution in [-0.2, 0) is 6.54 Å². The second-order valence-electron chi connectivity index (χ2n) is 4.63. The van der Waals surface area contributed by atoms with Gasteiger partial charge in [0.15, 0.2) is 0 Å². The summed E-state index contributed by atoms with van der Waals surface area (Å²) in [5.41, 5.74) is 1.07. The van der Waals surface area contributed by atoms with E-state index in [1.54, 1.807) is 0 Å². The molecule has 1 rings (SSSR count). The van der Waals surface area contributed by atoms with Gasteiger partial charge in [0.1, 0.15) is 0 Å². The van der Waals surface area contributed by atoms with Crippen LogP contribution in [0.25, 0.3) is 0 Å². The van der Waals surface area contributed by atoms with Gasteiger partial charge in [0.25, 0.3) is 0 Å². The molecular weight excluding hydrogens is 202 g/mol. The van der Waals surface area contributed by atoms with Gasteiger partial charge >= 0.3 is 0 Å². The molecule has 0 amide bonds. The van der Waals surface area contributed by atoms with Crippen molar-refractivity contribution >= 4 is 0 Å². The first-order valence-electron chi connectivity index (χ1n) is 5.99. The van der Waals surface area contributed by atoms with Gasteiger partial charge in [0.05, 0.1) is 5.69 Å². The lowest BCUT2D eigenvalue weighted by Crippen LogP contribution is -2.21. The van der Waals surface area contributed by atoms with Crippen molar-refractivity contribution in [3.05, 3.63) is 18.0 Å². The van der Waals surface area contributed by atoms with E-state index in [0.29, 0.717) is 12.0 Å². The number of aliphatic hydroxyl groups is 1. The molecule has 0 saturated carbocycles. The highest BCUT2D eigenvalue weighted by atomic mass is 16.3. The molecule has 1 aromatic rings. The standard InChI is InChI=1S/C12H23N3O/c1-10(2)15-6-4-12(14-15)9-13-8-11(3)5-7-16/h4,6,10-11,13,16H,5,7-9H2,1-3H3. The summed E-state index contributed by atoms with van der Waals surface area (Å²) in [6.07, 6.45) is 2.87. The average molecular weight is 225 g/mol. The fourth-order valence-corrected chi connectivity index (χ4v) is 1.53. The van der Waals surface area contributed by atoms with E-state index in [1.807, 2.05) is 16.9 Å². The summed E-state index contributed by atoms with van der Waals surface area (Å²) < 4.78 is 1.97. The van der Waals surface area contributed by atoms with Crippen molar-refractivity contribution in [1.82, 2.24) is 15.1 Å². The summed E-state index contributed by atoms with van der Waals surface area (Å²) in [4.78, 5) is 0. The number of nitrogens with one attached hydrogen (secondary N) is 1. The Morgan fingerprint density at radius 1 is 1.44 bits per heavy atom. The van der Waals surface area contributed by atoms with E-state index < -0.39 is 0 Å². The Labute approximate surface area is 97.7 Å². The largest absolute Gasteiger partial charge is 0.396 e. The van der Waals surface area contributed by atoms with Gasteiger partial charge < -0.3 is 10.4 Å². The van der Waals surface area contributed by atoms with Crippen LogP contribution in [0, 0.1) is 5.92 Å². The number of aromatic nitrogens is 2. The highest BCUT2D eigenvalue weighted by Crippen LogP contribution is 2.04. The van der Waals surface area contributed by atoms with Gasteiger partial charge in [-0.1, -0.05) is 6.92 Å². The Bertz CT molecular complexity index is 296. The second-order valence-corrected chi connectivity index (χ2v) is 4.63. The van der Waals surface area contributed by atoms with Crippen molar-refractivity contribution in [2.45, 2.75) is 39.8 Å². The number of hydrogen-bond donors (Lipinski definition) is 2. The van der Waals surface area contributed by atoms with Crippen molar-refractivity contribution in [1.29, 1.82) is 0 Å². The summed E-state index contributed by atoms with van der Waals surface area (Å²) >= 11 is 0. The summed E-state index contributed by atoms with van der Waals surface area (Å²) in [5, 5.41) is 16.6. The summed E-state index contributed by atoms with van der Waals surface area (Å²) in [6.45, 7) is 8.37. The van der Waals surface area contributed by atoms with Gasteiger partial charge in [-0.15, -0.1) is 0 Å². The smallest absolute Gasteiger partial charge is 0.0762 e. The van der Waals surface area contributed by atoms with Crippen molar-refractivity contribution in [2.24, 2.45) is 5.92 Å². The molecule has 92 valence electrons. The van der Waals surface area contributed by atoms with Gasteiger partial charge in [-0.25, -0.2) is 0 Å². The molecule has 16 heavy (non-hydrogen) atoms. The molecule has 2 N–H and O–H groups in total. The van der Waals surface area contributed by atoms with Crippen molar-refractivity contribution in [2.75, 3.05) is 13.2 Å².